The number of phenolic OH excluding ortho intramolecular Hbond substituents is 1. The molecule has 11 nitrogen and oxygen atoms in total. The largest absolute Gasteiger partial charge is 0.503 e. The van der Waals surface area contributed by atoms with Crippen molar-refractivity contribution in [2.45, 2.75) is 0 Å². The van der Waals surface area contributed by atoms with Crippen LogP contribution in [0.25, 0.3) is 18.2 Å². The second kappa shape index (κ2) is 12.9. The number of hydrogen-bond donors (Lipinski definition) is 2. The molecule has 204 valence electrons. The van der Waals surface area contributed by atoms with Crippen LogP contribution in [0.4, 0.5) is 11.4 Å². The van der Waals surface area contributed by atoms with Crippen LogP contribution in [0.2, 0.25) is 0 Å². The van der Waals surface area contributed by atoms with Crippen molar-refractivity contribution in [1.82, 2.24) is 0 Å². The number of anilines is 1. The zero-order valence-corrected chi connectivity index (χ0v) is 22.0. The van der Waals surface area contributed by atoms with Gasteiger partial charge in [0.05, 0.1) is 46.2 Å². The highest BCUT2D eigenvalue weighted by Crippen LogP contribution is 2.40. The highest BCUT2D eigenvalue weighted by molar-refractivity contribution is 6.04. The number of benzene rings is 3. The van der Waals surface area contributed by atoms with Gasteiger partial charge in [-0.05, 0) is 53.6 Å². The lowest BCUT2D eigenvalue weighted by molar-refractivity contribution is -0.385. The van der Waals surface area contributed by atoms with Gasteiger partial charge in [0.1, 0.15) is 0 Å². The first-order chi connectivity index (χ1) is 18.8. The number of nitro benzene ring substituents is 1. The van der Waals surface area contributed by atoms with Crippen LogP contribution in [0.15, 0.2) is 48.5 Å². The van der Waals surface area contributed by atoms with E-state index in [-0.39, 0.29) is 28.6 Å². The molecule has 0 saturated heterocycles. The number of nitrogens with one attached hydrogen (secondary N) is 1. The molecule has 0 spiro atoms. The van der Waals surface area contributed by atoms with Crippen molar-refractivity contribution < 1.29 is 38.5 Å². The third-order valence-electron chi connectivity index (χ3n) is 5.61. The maximum atomic E-state index is 12.8. The summed E-state index contributed by atoms with van der Waals surface area (Å²) >= 11 is 0. The van der Waals surface area contributed by atoms with Gasteiger partial charge in [-0.3, -0.25) is 14.9 Å². The monoisotopic (exact) mass is 536 g/mol. The summed E-state index contributed by atoms with van der Waals surface area (Å²) in [6.45, 7) is 0. The molecule has 3 aromatic carbocycles. The average Bonchev–Trinajstić information content (AvgIpc) is 2.95. The zero-order valence-electron chi connectivity index (χ0n) is 22.0. The maximum Gasteiger partial charge on any atom is 0.310 e. The van der Waals surface area contributed by atoms with E-state index in [9.17, 15) is 20.0 Å². The Bertz CT molecular complexity index is 1410. The lowest BCUT2D eigenvalue weighted by atomic mass is 10.1. The lowest BCUT2D eigenvalue weighted by Crippen LogP contribution is -2.09. The maximum absolute atomic E-state index is 12.8. The summed E-state index contributed by atoms with van der Waals surface area (Å²) in [6, 6.07) is 11.0. The van der Waals surface area contributed by atoms with Crippen LogP contribution in [-0.4, -0.2) is 51.5 Å². The number of methoxy groups -OCH3 is 5. The molecule has 0 radical (unpaired) electrons. The summed E-state index contributed by atoms with van der Waals surface area (Å²) in [4.78, 5) is 23.3. The Kier molecular flexibility index (Phi) is 9.36. The van der Waals surface area contributed by atoms with Gasteiger partial charge in [0.25, 0.3) is 0 Å². The van der Waals surface area contributed by atoms with E-state index < -0.39 is 10.8 Å². The number of aromatic hydroxyl groups is 1. The lowest BCUT2D eigenvalue weighted by Gasteiger charge is -2.14. The fourth-order valence-electron chi connectivity index (χ4n) is 3.69. The third-order valence-corrected chi connectivity index (χ3v) is 5.61. The molecule has 0 heterocycles. The molecule has 0 saturated carbocycles. The van der Waals surface area contributed by atoms with Crippen LogP contribution in [0.3, 0.4) is 0 Å². The van der Waals surface area contributed by atoms with E-state index in [0.29, 0.717) is 33.9 Å². The van der Waals surface area contributed by atoms with E-state index in [1.54, 1.807) is 36.4 Å². The standard InChI is InChI=1S/C28H28N2O9/c1-35-21-12-10-19(9-6-18-15-23(37-3)28(39-5)24(16-18)38-4)26(27(21)32)29-25(31)13-8-17-7-11-20(30(33)34)22(14-17)36-2/h6-16,32H,1-5H3,(H,29,31)/b9-6?,13-8+. The Morgan fingerprint density at radius 2 is 1.41 bits per heavy atom. The predicted octanol–water partition coefficient (Wildman–Crippen LogP) is 5.17. The molecule has 0 unspecified atom stereocenters. The van der Waals surface area contributed by atoms with E-state index in [2.05, 4.69) is 5.32 Å². The molecule has 2 N–H and O–H groups in total. The van der Waals surface area contributed by atoms with Crippen molar-refractivity contribution in [1.29, 1.82) is 0 Å². The third kappa shape index (κ3) is 6.58. The smallest absolute Gasteiger partial charge is 0.310 e. The summed E-state index contributed by atoms with van der Waals surface area (Å²) in [5, 5.41) is 24.5. The minimum Gasteiger partial charge on any atom is -0.503 e. The quantitative estimate of drug-likeness (QED) is 0.112. The van der Waals surface area contributed by atoms with Gasteiger partial charge in [-0.15, -0.1) is 0 Å². The molecule has 11 heteroatoms. The number of hydrogen-bond acceptors (Lipinski definition) is 9. The minimum atomic E-state index is -0.558. The van der Waals surface area contributed by atoms with E-state index in [1.807, 2.05) is 0 Å². The van der Waals surface area contributed by atoms with Crippen LogP contribution in [0, 0.1) is 10.1 Å². The molecule has 3 rings (SSSR count). The molecule has 0 aromatic heterocycles. The van der Waals surface area contributed by atoms with Crippen LogP contribution >= 0.6 is 0 Å². The molecular weight excluding hydrogens is 508 g/mol. The number of ether oxygens (including phenoxy) is 5. The Labute approximate surface area is 225 Å². The summed E-state index contributed by atoms with van der Waals surface area (Å²) in [7, 11) is 7.26. The van der Waals surface area contributed by atoms with Gasteiger partial charge < -0.3 is 34.1 Å². The molecule has 1 amide bonds. The van der Waals surface area contributed by atoms with Gasteiger partial charge in [0.2, 0.25) is 11.7 Å². The van der Waals surface area contributed by atoms with Gasteiger partial charge in [-0.2, -0.15) is 0 Å². The van der Waals surface area contributed by atoms with Crippen LogP contribution < -0.4 is 29.0 Å². The summed E-state index contributed by atoms with van der Waals surface area (Å²) in [5.41, 5.74) is 1.63. The Balaban J connectivity index is 1.92. The molecule has 0 fully saturated rings. The first-order valence-electron chi connectivity index (χ1n) is 11.5. The number of nitrogens with zero attached hydrogens (tertiary/aromatic N) is 1. The van der Waals surface area contributed by atoms with Gasteiger partial charge in [-0.25, -0.2) is 0 Å². The Morgan fingerprint density at radius 3 is 1.97 bits per heavy atom. The molecule has 0 aliphatic rings. The molecule has 0 aliphatic heterocycles. The summed E-state index contributed by atoms with van der Waals surface area (Å²) in [5.74, 6) is 0.795. The average molecular weight is 537 g/mol. The zero-order chi connectivity index (χ0) is 28.5. The van der Waals surface area contributed by atoms with Crippen LogP contribution in [0.1, 0.15) is 16.7 Å². The van der Waals surface area contributed by atoms with Gasteiger partial charge >= 0.3 is 5.69 Å². The molecule has 39 heavy (non-hydrogen) atoms. The normalized spacial score (nSPS) is 10.9. The van der Waals surface area contributed by atoms with Crippen molar-refractivity contribution in [2.75, 3.05) is 40.9 Å². The van der Waals surface area contributed by atoms with Crippen molar-refractivity contribution >= 4 is 35.5 Å². The number of phenols is 1. The first-order valence-corrected chi connectivity index (χ1v) is 11.5. The van der Waals surface area contributed by atoms with Gasteiger partial charge in [-0.1, -0.05) is 12.2 Å². The first kappa shape index (κ1) is 28.4. The van der Waals surface area contributed by atoms with E-state index >= 15 is 0 Å². The Morgan fingerprint density at radius 1 is 0.795 bits per heavy atom. The van der Waals surface area contributed by atoms with Crippen molar-refractivity contribution in [3.05, 3.63) is 75.3 Å². The fraction of sp³-hybridized carbons (Fsp3) is 0.179. The highest BCUT2D eigenvalue weighted by atomic mass is 16.6. The van der Waals surface area contributed by atoms with Crippen molar-refractivity contribution in [3.8, 4) is 34.5 Å². The van der Waals surface area contributed by atoms with Crippen molar-refractivity contribution in [3.63, 3.8) is 0 Å². The number of rotatable bonds is 11. The topological polar surface area (TPSA) is 139 Å². The second-order valence-corrected chi connectivity index (χ2v) is 7.88. The molecular formula is C28H28N2O9. The van der Waals surface area contributed by atoms with Gasteiger partial charge in [0.15, 0.2) is 28.7 Å². The molecule has 3 aromatic rings. The predicted molar refractivity (Wildman–Crippen MR) is 147 cm³/mol. The number of nitro groups is 1. The Hall–Kier alpha value is -5.19. The molecule has 0 bridgehead atoms. The fourth-order valence-corrected chi connectivity index (χ4v) is 3.69. The second-order valence-electron chi connectivity index (χ2n) is 7.88. The number of amides is 1. The van der Waals surface area contributed by atoms with Crippen LogP contribution in [0.5, 0.6) is 34.5 Å². The molecule has 0 aliphatic carbocycles. The van der Waals surface area contributed by atoms with Crippen LogP contribution in [-0.2, 0) is 4.79 Å². The highest BCUT2D eigenvalue weighted by Gasteiger charge is 2.16. The number of carbonyl (C=O) groups excluding carboxylic acids is 1. The minimum absolute atomic E-state index is 0.0622. The van der Waals surface area contributed by atoms with E-state index in [1.165, 1.54) is 65.9 Å². The summed E-state index contributed by atoms with van der Waals surface area (Å²) < 4.78 is 26.4. The number of carbonyl (C=O) groups is 1. The van der Waals surface area contributed by atoms with Gasteiger partial charge in [0, 0.05) is 17.7 Å². The van der Waals surface area contributed by atoms with E-state index in [4.69, 9.17) is 23.7 Å². The molecule has 0 atom stereocenters. The SMILES string of the molecule is COc1cc(/C=C/C(=O)Nc2c(C=Cc3cc(OC)c(OC)c(OC)c3)ccc(OC)c2O)ccc1[N+](=O)[O-]. The summed E-state index contributed by atoms with van der Waals surface area (Å²) in [6.07, 6.45) is 6.14. The van der Waals surface area contributed by atoms with Crippen molar-refractivity contribution in [2.24, 2.45) is 0 Å². The van der Waals surface area contributed by atoms with E-state index in [0.717, 1.165) is 0 Å².